The lowest BCUT2D eigenvalue weighted by molar-refractivity contribution is 0.305. The molecule has 168 valence electrons. The molecular weight excluding hydrogens is 464 g/mol. The SMILES string of the molecule is CCCn1c(SCc2csc(COc3ccc(C)cc3)n2)nc2cc(S(N)(=O)=O)ccc21. The Kier molecular flexibility index (Phi) is 6.85. The van der Waals surface area contributed by atoms with Crippen molar-refractivity contribution in [1.82, 2.24) is 14.5 Å². The molecule has 0 amide bonds. The van der Waals surface area contributed by atoms with Gasteiger partial charge in [0, 0.05) is 17.7 Å². The molecule has 0 unspecified atom stereocenters. The number of aromatic nitrogens is 3. The maximum absolute atomic E-state index is 11.7. The van der Waals surface area contributed by atoms with Crippen molar-refractivity contribution < 1.29 is 13.2 Å². The molecule has 7 nitrogen and oxygen atoms in total. The highest BCUT2D eigenvalue weighted by atomic mass is 32.2. The molecular formula is C22H24N4O3S3. The number of rotatable bonds is 9. The predicted octanol–water partition coefficient (Wildman–Crippen LogP) is 4.73. The van der Waals surface area contributed by atoms with Crippen LogP contribution in [-0.4, -0.2) is 23.0 Å². The maximum atomic E-state index is 11.7. The van der Waals surface area contributed by atoms with E-state index in [1.165, 1.54) is 17.7 Å². The molecule has 2 heterocycles. The Bertz CT molecular complexity index is 1330. The first kappa shape index (κ1) is 22.8. The third-order valence-electron chi connectivity index (χ3n) is 4.79. The first-order valence-corrected chi connectivity index (χ1v) is 13.5. The number of nitrogens with two attached hydrogens (primary N) is 1. The monoisotopic (exact) mass is 488 g/mol. The van der Waals surface area contributed by atoms with Crippen LogP contribution in [0.15, 0.2) is 57.9 Å². The van der Waals surface area contributed by atoms with Crippen molar-refractivity contribution in [2.45, 2.75) is 49.2 Å². The lowest BCUT2D eigenvalue weighted by Crippen LogP contribution is -2.11. The second kappa shape index (κ2) is 9.62. The van der Waals surface area contributed by atoms with Gasteiger partial charge in [-0.05, 0) is 43.7 Å². The number of hydrogen-bond acceptors (Lipinski definition) is 7. The van der Waals surface area contributed by atoms with Crippen molar-refractivity contribution in [3.63, 3.8) is 0 Å². The van der Waals surface area contributed by atoms with E-state index < -0.39 is 10.0 Å². The van der Waals surface area contributed by atoms with Crippen LogP contribution in [0.25, 0.3) is 11.0 Å². The van der Waals surface area contributed by atoms with Crippen LogP contribution in [0.1, 0.15) is 29.6 Å². The molecule has 2 N–H and O–H groups in total. The van der Waals surface area contributed by atoms with Gasteiger partial charge in [0.1, 0.15) is 17.4 Å². The number of primary sulfonamides is 1. The van der Waals surface area contributed by atoms with Gasteiger partial charge in [-0.25, -0.2) is 23.5 Å². The number of ether oxygens (including phenoxy) is 1. The number of benzene rings is 2. The van der Waals surface area contributed by atoms with Gasteiger partial charge in [-0.2, -0.15) is 0 Å². The van der Waals surface area contributed by atoms with Crippen molar-refractivity contribution in [2.24, 2.45) is 5.14 Å². The lowest BCUT2D eigenvalue weighted by atomic mass is 10.2. The first-order valence-electron chi connectivity index (χ1n) is 10.1. The van der Waals surface area contributed by atoms with Crippen LogP contribution in [0.4, 0.5) is 0 Å². The summed E-state index contributed by atoms with van der Waals surface area (Å²) in [6.07, 6.45) is 0.938. The molecule has 32 heavy (non-hydrogen) atoms. The molecule has 2 aromatic carbocycles. The fourth-order valence-corrected chi connectivity index (χ4v) is 5.49. The molecule has 0 saturated carbocycles. The van der Waals surface area contributed by atoms with Gasteiger partial charge < -0.3 is 9.30 Å². The van der Waals surface area contributed by atoms with E-state index in [2.05, 4.69) is 21.5 Å². The molecule has 4 rings (SSSR count). The molecule has 0 bridgehead atoms. The van der Waals surface area contributed by atoms with Crippen LogP contribution in [0.5, 0.6) is 5.75 Å². The lowest BCUT2D eigenvalue weighted by Gasteiger charge is -2.07. The largest absolute Gasteiger partial charge is 0.486 e. The molecule has 0 fully saturated rings. The van der Waals surface area contributed by atoms with Crippen molar-refractivity contribution in [1.29, 1.82) is 0 Å². The average molecular weight is 489 g/mol. The summed E-state index contributed by atoms with van der Waals surface area (Å²) in [4.78, 5) is 9.41. The summed E-state index contributed by atoms with van der Waals surface area (Å²) in [5.74, 6) is 1.49. The molecule has 0 atom stereocenters. The van der Waals surface area contributed by atoms with Crippen LogP contribution >= 0.6 is 23.1 Å². The zero-order valence-electron chi connectivity index (χ0n) is 17.8. The van der Waals surface area contributed by atoms with Crippen LogP contribution in [0.3, 0.4) is 0 Å². The highest BCUT2D eigenvalue weighted by Crippen LogP contribution is 2.29. The minimum Gasteiger partial charge on any atom is -0.486 e. The molecule has 0 aliphatic rings. The third-order valence-corrected chi connectivity index (χ3v) is 7.58. The van der Waals surface area contributed by atoms with Crippen LogP contribution in [0.2, 0.25) is 0 Å². The highest BCUT2D eigenvalue weighted by molar-refractivity contribution is 7.98. The van der Waals surface area contributed by atoms with Crippen molar-refractivity contribution in [3.05, 3.63) is 64.1 Å². The number of imidazole rings is 1. The fourth-order valence-electron chi connectivity index (χ4n) is 3.21. The number of aryl methyl sites for hydroxylation is 2. The van der Waals surface area contributed by atoms with Gasteiger partial charge in [0.15, 0.2) is 5.16 Å². The molecule has 0 radical (unpaired) electrons. The van der Waals surface area contributed by atoms with Gasteiger partial charge in [-0.15, -0.1) is 11.3 Å². The van der Waals surface area contributed by atoms with Gasteiger partial charge in [0.05, 0.1) is 21.6 Å². The Morgan fingerprint density at radius 2 is 1.94 bits per heavy atom. The minimum absolute atomic E-state index is 0.0698. The quantitative estimate of drug-likeness (QED) is 0.342. The summed E-state index contributed by atoms with van der Waals surface area (Å²) in [5, 5.41) is 9.06. The number of sulfonamides is 1. The zero-order chi connectivity index (χ0) is 22.7. The normalized spacial score (nSPS) is 11.8. The summed E-state index contributed by atoms with van der Waals surface area (Å²) in [5.41, 5.74) is 3.67. The first-order chi connectivity index (χ1) is 15.3. The van der Waals surface area contributed by atoms with Crippen LogP contribution in [-0.2, 0) is 28.9 Å². The smallest absolute Gasteiger partial charge is 0.238 e. The number of fused-ring (bicyclic) bond motifs is 1. The minimum atomic E-state index is -3.77. The Morgan fingerprint density at radius 1 is 1.16 bits per heavy atom. The van der Waals surface area contributed by atoms with E-state index in [1.807, 2.05) is 36.6 Å². The van der Waals surface area contributed by atoms with E-state index in [0.717, 1.165) is 40.1 Å². The second-order valence-electron chi connectivity index (χ2n) is 7.36. The van der Waals surface area contributed by atoms with Gasteiger partial charge in [0.2, 0.25) is 10.0 Å². The van der Waals surface area contributed by atoms with Gasteiger partial charge in [0.25, 0.3) is 0 Å². The fraction of sp³-hybridized carbons (Fsp3) is 0.273. The topological polar surface area (TPSA) is 100 Å². The van der Waals surface area contributed by atoms with Crippen LogP contribution in [0, 0.1) is 6.92 Å². The molecule has 0 spiro atoms. The van der Waals surface area contributed by atoms with E-state index in [1.54, 1.807) is 29.2 Å². The Balaban J connectivity index is 1.46. The van der Waals surface area contributed by atoms with E-state index >= 15 is 0 Å². The Labute approximate surface area is 195 Å². The Morgan fingerprint density at radius 3 is 2.66 bits per heavy atom. The third kappa shape index (κ3) is 5.32. The van der Waals surface area contributed by atoms with Crippen molar-refractivity contribution >= 4 is 44.2 Å². The number of thiazole rings is 1. The molecule has 2 aromatic heterocycles. The van der Waals surface area contributed by atoms with Crippen molar-refractivity contribution in [3.8, 4) is 5.75 Å². The van der Waals surface area contributed by atoms with E-state index in [9.17, 15) is 8.42 Å². The molecule has 0 saturated heterocycles. The molecule has 0 aliphatic carbocycles. The molecule has 4 aromatic rings. The number of nitrogens with zero attached hydrogens (tertiary/aromatic N) is 3. The van der Waals surface area contributed by atoms with E-state index in [0.29, 0.717) is 17.9 Å². The second-order valence-corrected chi connectivity index (χ2v) is 10.8. The van der Waals surface area contributed by atoms with Gasteiger partial charge in [-0.3, -0.25) is 0 Å². The maximum Gasteiger partial charge on any atom is 0.238 e. The summed E-state index contributed by atoms with van der Waals surface area (Å²) in [6.45, 7) is 5.37. The standard InChI is InChI=1S/C22H24N4O3S3/c1-3-10-26-20-9-8-18(32(23,27)28)11-19(20)25-22(26)31-14-16-13-30-21(24-16)12-29-17-6-4-15(2)5-7-17/h4-9,11,13H,3,10,12,14H2,1-2H3,(H2,23,27,28). The summed E-state index contributed by atoms with van der Waals surface area (Å²) in [6, 6.07) is 12.8. The zero-order valence-corrected chi connectivity index (χ0v) is 20.3. The summed E-state index contributed by atoms with van der Waals surface area (Å²) in [7, 11) is -3.77. The van der Waals surface area contributed by atoms with E-state index in [4.69, 9.17) is 9.88 Å². The van der Waals surface area contributed by atoms with Gasteiger partial charge in [-0.1, -0.05) is 36.4 Å². The van der Waals surface area contributed by atoms with Gasteiger partial charge >= 0.3 is 0 Å². The van der Waals surface area contributed by atoms with E-state index in [-0.39, 0.29) is 4.90 Å². The number of thioether (sulfide) groups is 1. The van der Waals surface area contributed by atoms with Crippen LogP contribution < -0.4 is 9.88 Å². The highest BCUT2D eigenvalue weighted by Gasteiger charge is 2.15. The average Bonchev–Trinajstić information content (AvgIpc) is 3.35. The summed E-state index contributed by atoms with van der Waals surface area (Å²) < 4.78 is 31.3. The predicted molar refractivity (Wildman–Crippen MR) is 129 cm³/mol. The Hall–Kier alpha value is -2.40. The number of hydrogen-bond donors (Lipinski definition) is 1. The van der Waals surface area contributed by atoms with Crippen molar-refractivity contribution in [2.75, 3.05) is 0 Å². The molecule has 0 aliphatic heterocycles. The summed E-state index contributed by atoms with van der Waals surface area (Å²) >= 11 is 3.16. The molecule has 10 heteroatoms.